The molecule has 23 heteroatoms. The van der Waals surface area contributed by atoms with Crippen LogP contribution in [0.4, 0.5) is 0 Å². The summed E-state index contributed by atoms with van der Waals surface area (Å²) in [7, 11) is 0. The van der Waals surface area contributed by atoms with Crippen LogP contribution in [0.1, 0.15) is 106 Å². The third-order valence-corrected chi connectivity index (χ3v) is 20.4. The highest BCUT2D eigenvalue weighted by Gasteiger charge is 2.75. The average Bonchev–Trinajstić information content (AvgIpc) is 3.99. The normalized spacial score (nSPS) is 55.1. The highest BCUT2D eigenvalue weighted by molar-refractivity contribution is 5.83. The van der Waals surface area contributed by atoms with Crippen molar-refractivity contribution in [2.75, 3.05) is 26.4 Å². The van der Waals surface area contributed by atoms with Crippen LogP contribution in [0.25, 0.3) is 0 Å². The van der Waals surface area contributed by atoms with Crippen LogP contribution in [0, 0.1) is 33.5 Å². The second kappa shape index (κ2) is 21.5. The Kier molecular flexibility index (Phi) is 16.6. The molecular weight excluding hydrogens is 993 g/mol. The SMILES string of the molecule is CCC(=O)[C@@H]1C[C@@H](C)[C@@]2(O1)[C@@H](O)C[C@@]1(C)C3=C(CC[C@]21C)[C@@]1(C)CC[C@H](O[C@@H]2O[C@H](CO[C@@H]4OC[C@H](O)[C@H](O)[C@H]4O[C@@H]4O[C@H](CO)[C@@H](O)[C@H](O)[C@H]4O[C@@H]4O[C@@H](C)[C@H](O)[C@@H](O)[C@H]4O)[C@@H](O)[C@H](O)[C@H]2O)[C@](C)(CO)[C@@H]1CC3. The number of ether oxygens (including phenoxy) is 9. The molecule has 1 spiro atoms. The summed E-state index contributed by atoms with van der Waals surface area (Å²) >= 11 is 0. The van der Waals surface area contributed by atoms with Gasteiger partial charge in [-0.15, -0.1) is 0 Å². The smallest absolute Gasteiger partial charge is 0.187 e. The molecule has 4 aliphatic carbocycles. The topological polar surface area (TPSA) is 363 Å². The number of fused-ring (bicyclic) bond motifs is 5. The number of carbonyl (C=O) groups is 1. The minimum absolute atomic E-state index is 0.0289. The molecule has 5 saturated heterocycles. The lowest BCUT2D eigenvalue weighted by Crippen LogP contribution is -2.66. The van der Waals surface area contributed by atoms with Crippen LogP contribution in [0.2, 0.25) is 0 Å². The van der Waals surface area contributed by atoms with Crippen molar-refractivity contribution in [3.63, 3.8) is 0 Å². The van der Waals surface area contributed by atoms with Gasteiger partial charge in [0.1, 0.15) is 97.2 Å². The van der Waals surface area contributed by atoms with Crippen molar-refractivity contribution in [3.05, 3.63) is 11.1 Å². The molecule has 0 amide bonds. The summed E-state index contributed by atoms with van der Waals surface area (Å²) in [5.74, 6) is -0.0814. The fourth-order valence-corrected chi connectivity index (χ4v) is 15.7. The molecule has 9 aliphatic rings. The first-order valence-corrected chi connectivity index (χ1v) is 27.1. The quantitative estimate of drug-likeness (QED) is 0.0850. The lowest BCUT2D eigenvalue weighted by molar-refractivity contribution is -0.390. The molecule has 5 heterocycles. The Balaban J connectivity index is 0.898. The van der Waals surface area contributed by atoms with Crippen LogP contribution in [0.3, 0.4) is 0 Å². The molecule has 2 saturated carbocycles. The van der Waals surface area contributed by atoms with Gasteiger partial charge in [0.05, 0.1) is 44.7 Å². The maximum Gasteiger partial charge on any atom is 0.187 e. The Morgan fingerprint density at radius 1 is 0.667 bits per heavy atom. The number of rotatable bonds is 13. The maximum absolute atomic E-state index is 13.0. The number of hydrogen-bond donors (Lipinski definition) is 13. The first kappa shape index (κ1) is 58.2. The minimum atomic E-state index is -1.91. The van der Waals surface area contributed by atoms with Gasteiger partial charge in [-0.2, -0.15) is 0 Å². The Morgan fingerprint density at radius 3 is 1.96 bits per heavy atom. The number of carbonyl (C=O) groups excluding carboxylic acids is 1. The molecule has 75 heavy (non-hydrogen) atoms. The Morgan fingerprint density at radius 2 is 1.29 bits per heavy atom. The molecular formula is C52H84O23. The van der Waals surface area contributed by atoms with E-state index in [1.165, 1.54) is 18.1 Å². The van der Waals surface area contributed by atoms with Crippen LogP contribution in [-0.4, -0.2) is 239 Å². The molecule has 23 nitrogen and oxygen atoms in total. The van der Waals surface area contributed by atoms with E-state index in [1.807, 2.05) is 13.8 Å². The average molecular weight is 1080 g/mol. The monoisotopic (exact) mass is 1080 g/mol. The molecule has 0 radical (unpaired) electrons. The molecule has 430 valence electrons. The van der Waals surface area contributed by atoms with Gasteiger partial charge in [0, 0.05) is 17.3 Å². The van der Waals surface area contributed by atoms with Crippen LogP contribution < -0.4 is 0 Å². The molecule has 0 bridgehead atoms. The standard InChI is InChI=1S/C52H84O23/c1-8-25(55)27-15-21(2)52(75-27)31(57)16-50(6)24-9-10-30-48(4,23(24)11-14-51(50,52)7)13-12-32(49(30,5)20-54)72-45-41(66)38(63)36(61)29(71-45)19-68-46-42(34(59)26(56)18-67-46)74-47-43(39(64)35(60)28(17-53)70-47)73-44-40(65)37(62)33(58)22(3)69-44/h21-22,26-47,53-54,56-66H,8-20H2,1-7H3/t21-,22+,26+,27+,28-,29-,30-,31+,32+,33+,34+,35-,36-,37-,38+,39+,40-,41-,42-,43-,44+,45+,46+,47+,48-,49-,50+,51+,52-/m1/s1. The summed E-state index contributed by atoms with van der Waals surface area (Å²) in [6.45, 7) is 11.8. The van der Waals surface area contributed by atoms with Crippen molar-refractivity contribution >= 4 is 5.78 Å². The lowest BCUT2D eigenvalue weighted by Gasteiger charge is -2.63. The van der Waals surface area contributed by atoms with Gasteiger partial charge in [-0.05, 0) is 81.0 Å². The largest absolute Gasteiger partial charge is 0.396 e. The molecule has 0 aromatic carbocycles. The second-order valence-corrected chi connectivity index (χ2v) is 24.2. The molecule has 5 aliphatic heterocycles. The van der Waals surface area contributed by atoms with Crippen molar-refractivity contribution < 1.29 is 114 Å². The zero-order valence-corrected chi connectivity index (χ0v) is 43.9. The summed E-state index contributed by atoms with van der Waals surface area (Å²) in [6, 6.07) is 0. The third kappa shape index (κ3) is 9.15. The van der Waals surface area contributed by atoms with Crippen LogP contribution in [0.15, 0.2) is 11.1 Å². The van der Waals surface area contributed by atoms with E-state index in [0.29, 0.717) is 44.9 Å². The van der Waals surface area contributed by atoms with E-state index in [9.17, 15) is 71.2 Å². The summed E-state index contributed by atoms with van der Waals surface area (Å²) in [6.07, 6.45) is -28.3. The van der Waals surface area contributed by atoms with E-state index in [4.69, 9.17) is 42.6 Å². The molecule has 0 unspecified atom stereocenters. The van der Waals surface area contributed by atoms with E-state index in [2.05, 4.69) is 27.7 Å². The van der Waals surface area contributed by atoms with Gasteiger partial charge in [-0.25, -0.2) is 0 Å². The number of aliphatic hydroxyl groups is 13. The molecule has 13 N–H and O–H groups in total. The van der Waals surface area contributed by atoms with E-state index in [-0.39, 0.29) is 29.6 Å². The maximum atomic E-state index is 13.0. The first-order valence-electron chi connectivity index (χ1n) is 27.1. The molecule has 0 aromatic heterocycles. The second-order valence-electron chi connectivity index (χ2n) is 24.2. The van der Waals surface area contributed by atoms with Crippen molar-refractivity contribution in [1.29, 1.82) is 0 Å². The van der Waals surface area contributed by atoms with E-state index in [1.54, 1.807) is 0 Å². The van der Waals surface area contributed by atoms with Gasteiger partial charge in [0.15, 0.2) is 30.9 Å². The van der Waals surface area contributed by atoms with Gasteiger partial charge >= 0.3 is 0 Å². The zero-order chi connectivity index (χ0) is 54.6. The van der Waals surface area contributed by atoms with Gasteiger partial charge in [-0.1, -0.05) is 52.7 Å². The van der Waals surface area contributed by atoms with Crippen molar-refractivity contribution in [2.24, 2.45) is 33.5 Å². The highest BCUT2D eigenvalue weighted by Crippen LogP contribution is 2.75. The molecule has 9 rings (SSSR count). The van der Waals surface area contributed by atoms with Crippen LogP contribution >= 0.6 is 0 Å². The molecule has 0 aromatic rings. The predicted molar refractivity (Wildman–Crippen MR) is 254 cm³/mol. The van der Waals surface area contributed by atoms with Crippen LogP contribution in [-0.2, 0) is 47.4 Å². The lowest BCUT2D eigenvalue weighted by atomic mass is 9.42. The summed E-state index contributed by atoms with van der Waals surface area (Å²) in [5.41, 5.74) is -0.363. The predicted octanol–water partition coefficient (Wildman–Crippen LogP) is -2.47. The van der Waals surface area contributed by atoms with Crippen molar-refractivity contribution in [2.45, 2.75) is 247 Å². The number of Topliss-reactive ketones (excluding diaryl/α,β-unsaturated/α-hetero) is 1. The zero-order valence-electron chi connectivity index (χ0n) is 43.9. The first-order chi connectivity index (χ1) is 35.3. The summed E-state index contributed by atoms with van der Waals surface area (Å²) < 4.78 is 54.5. The Bertz CT molecular complexity index is 2070. The summed E-state index contributed by atoms with van der Waals surface area (Å²) in [4.78, 5) is 13.0. The number of aliphatic hydroxyl groups excluding tert-OH is 13. The van der Waals surface area contributed by atoms with Crippen molar-refractivity contribution in [3.8, 4) is 0 Å². The fourth-order valence-electron chi connectivity index (χ4n) is 15.7. The molecule has 7 fully saturated rings. The third-order valence-electron chi connectivity index (χ3n) is 20.4. The van der Waals surface area contributed by atoms with Gasteiger partial charge < -0.3 is 109 Å². The van der Waals surface area contributed by atoms with E-state index < -0.39 is 177 Å². The Hall–Kier alpha value is -1.47. The number of hydrogen-bond acceptors (Lipinski definition) is 23. The van der Waals surface area contributed by atoms with E-state index >= 15 is 0 Å². The highest BCUT2D eigenvalue weighted by atomic mass is 16.8. The van der Waals surface area contributed by atoms with Gasteiger partial charge in [0.25, 0.3) is 0 Å². The number of ketones is 1. The van der Waals surface area contributed by atoms with Gasteiger partial charge in [0.2, 0.25) is 0 Å². The Labute approximate surface area is 436 Å². The molecule has 29 atom stereocenters. The minimum Gasteiger partial charge on any atom is -0.396 e. The summed E-state index contributed by atoms with van der Waals surface area (Å²) in [5, 5.41) is 143. The van der Waals surface area contributed by atoms with Crippen LogP contribution in [0.5, 0.6) is 0 Å². The van der Waals surface area contributed by atoms with E-state index in [0.717, 1.165) is 12.8 Å². The van der Waals surface area contributed by atoms with Crippen molar-refractivity contribution in [1.82, 2.24) is 0 Å². The fraction of sp³-hybridized carbons (Fsp3) is 0.942. The van der Waals surface area contributed by atoms with Gasteiger partial charge in [-0.3, -0.25) is 4.79 Å². The number of allylic oxidation sites excluding steroid dienone is 2.